The molecule has 0 spiro atoms. The predicted octanol–water partition coefficient (Wildman–Crippen LogP) is 6.72. The third-order valence-corrected chi connectivity index (χ3v) is 24.4. The van der Waals surface area contributed by atoms with E-state index in [9.17, 15) is 0 Å². The Kier molecular flexibility index (Phi) is 15.4. The van der Waals surface area contributed by atoms with Crippen molar-refractivity contribution in [1.29, 1.82) is 0 Å². The van der Waals surface area contributed by atoms with Gasteiger partial charge in [-0.3, -0.25) is 0 Å². The summed E-state index contributed by atoms with van der Waals surface area (Å²) in [4.78, 5) is -2.08. The Labute approximate surface area is 365 Å². The third kappa shape index (κ3) is 10.9. The van der Waals surface area contributed by atoms with E-state index in [0.717, 1.165) is 26.7 Å². The predicted molar refractivity (Wildman–Crippen MR) is 240 cm³/mol. The molecule has 5 atom stereocenters. The SMILES string of the molecule is c1ccc(COCC2O[C@H](C[I-][P+](c3ccccc3)(c3ccccc3)c3ccccc3)C(OCc3ccccc3)C(OCc3ccccc3)[C@H]2OCc2ccccc2)cc1. The van der Waals surface area contributed by atoms with Crippen LogP contribution in [-0.4, -0.2) is 41.6 Å². The van der Waals surface area contributed by atoms with Crippen molar-refractivity contribution in [2.24, 2.45) is 0 Å². The van der Waals surface area contributed by atoms with Gasteiger partial charge in [0.2, 0.25) is 0 Å². The second kappa shape index (κ2) is 21.8. The molecule has 0 amide bonds. The molecule has 0 aliphatic carbocycles. The van der Waals surface area contributed by atoms with Gasteiger partial charge in [-0.25, -0.2) is 0 Å². The Morgan fingerprint density at radius 2 is 0.683 bits per heavy atom. The zero-order valence-electron chi connectivity index (χ0n) is 33.7. The molecule has 3 unspecified atom stereocenters. The van der Waals surface area contributed by atoms with E-state index in [2.05, 4.69) is 164 Å². The molecule has 1 heterocycles. The maximum absolute atomic E-state index is 7.40. The van der Waals surface area contributed by atoms with Crippen LogP contribution in [0.3, 0.4) is 0 Å². The summed E-state index contributed by atoms with van der Waals surface area (Å²) < 4.78 is 36.0. The Morgan fingerprint density at radius 3 is 1.07 bits per heavy atom. The first-order valence-corrected chi connectivity index (χ1v) is 26.8. The number of hydrogen-bond donors (Lipinski definition) is 0. The van der Waals surface area contributed by atoms with Gasteiger partial charge in [-0.2, -0.15) is 0 Å². The minimum atomic E-state index is -2.08. The van der Waals surface area contributed by atoms with Crippen LogP contribution in [0.4, 0.5) is 0 Å². The number of hydrogen-bond acceptors (Lipinski definition) is 5. The van der Waals surface area contributed by atoms with Crippen molar-refractivity contribution in [3.05, 3.63) is 235 Å². The van der Waals surface area contributed by atoms with E-state index in [-0.39, 0.29) is 6.10 Å². The fourth-order valence-electron chi connectivity index (χ4n) is 7.73. The quantitative estimate of drug-likeness (QED) is 0.0513. The van der Waals surface area contributed by atoms with E-state index in [1.165, 1.54) is 15.9 Å². The molecule has 7 aromatic carbocycles. The van der Waals surface area contributed by atoms with Crippen LogP contribution in [0.15, 0.2) is 212 Å². The first kappa shape index (κ1) is 42.2. The molecule has 1 aliphatic heterocycles. The van der Waals surface area contributed by atoms with Crippen LogP contribution in [0.25, 0.3) is 0 Å². The van der Waals surface area contributed by atoms with Crippen LogP contribution < -0.4 is 36.6 Å². The van der Waals surface area contributed by atoms with Gasteiger partial charge in [0.25, 0.3) is 0 Å². The molecule has 0 saturated carbocycles. The van der Waals surface area contributed by atoms with Gasteiger partial charge in [0, 0.05) is 0 Å². The second-order valence-corrected chi connectivity index (χ2v) is 25.1. The minimum absolute atomic E-state index is 0.292. The van der Waals surface area contributed by atoms with Gasteiger partial charge in [0.1, 0.15) is 0 Å². The van der Waals surface area contributed by atoms with Gasteiger partial charge in [-0.15, -0.1) is 0 Å². The number of alkyl halides is 1. The van der Waals surface area contributed by atoms with E-state index < -0.39 is 50.0 Å². The topological polar surface area (TPSA) is 46.2 Å². The Morgan fingerprint density at radius 1 is 0.367 bits per heavy atom. The van der Waals surface area contributed by atoms with Crippen molar-refractivity contribution in [3.63, 3.8) is 0 Å². The zero-order valence-corrected chi connectivity index (χ0v) is 36.8. The average Bonchev–Trinajstić information content (AvgIpc) is 3.32. The summed E-state index contributed by atoms with van der Waals surface area (Å²) >= 11 is -0.617. The van der Waals surface area contributed by atoms with E-state index in [4.69, 9.17) is 23.7 Å². The van der Waals surface area contributed by atoms with Crippen molar-refractivity contribution in [2.45, 2.75) is 56.9 Å². The van der Waals surface area contributed by atoms with Crippen molar-refractivity contribution in [2.75, 3.05) is 11.0 Å². The molecule has 0 bridgehead atoms. The molecule has 8 rings (SSSR count). The summed E-state index contributed by atoms with van der Waals surface area (Å²) in [6.07, 6.45) is -2.06. The number of benzene rings is 7. The van der Waals surface area contributed by atoms with E-state index in [1.807, 2.05) is 48.5 Å². The van der Waals surface area contributed by atoms with Crippen LogP contribution >= 0.6 is 4.90 Å². The number of rotatable bonds is 19. The Balaban J connectivity index is 1.19. The molecular formula is C53H52IO5P. The molecule has 0 N–H and O–H groups in total. The fraction of sp³-hybridized carbons (Fsp3) is 0.208. The molecule has 1 fully saturated rings. The van der Waals surface area contributed by atoms with Gasteiger partial charge in [0.15, 0.2) is 0 Å². The molecule has 7 aromatic rings. The van der Waals surface area contributed by atoms with E-state index in [0.29, 0.717) is 33.0 Å². The van der Waals surface area contributed by atoms with Crippen molar-refractivity contribution >= 4 is 20.8 Å². The summed E-state index contributed by atoms with van der Waals surface area (Å²) in [6, 6.07) is 74.9. The van der Waals surface area contributed by atoms with Gasteiger partial charge >= 0.3 is 368 Å². The molecule has 306 valence electrons. The maximum atomic E-state index is 7.40. The molecule has 7 heteroatoms. The summed E-state index contributed by atoms with van der Waals surface area (Å²) in [5.74, 6) is 0. The van der Waals surface area contributed by atoms with Crippen LogP contribution in [-0.2, 0) is 50.1 Å². The third-order valence-electron chi connectivity index (χ3n) is 10.7. The molecule has 0 radical (unpaired) electrons. The van der Waals surface area contributed by atoms with Crippen LogP contribution in [0.2, 0.25) is 0 Å². The van der Waals surface area contributed by atoms with E-state index >= 15 is 0 Å². The van der Waals surface area contributed by atoms with Gasteiger partial charge in [0.05, 0.1) is 0 Å². The normalized spacial score (nSPS) is 19.2. The van der Waals surface area contributed by atoms with Gasteiger partial charge in [-0.05, 0) is 0 Å². The number of halogens is 1. The molecule has 60 heavy (non-hydrogen) atoms. The van der Waals surface area contributed by atoms with E-state index in [1.54, 1.807) is 0 Å². The number of ether oxygens (including phenoxy) is 5. The van der Waals surface area contributed by atoms with Crippen molar-refractivity contribution < 1.29 is 44.3 Å². The Hall–Kier alpha value is -4.50. The molecule has 1 saturated heterocycles. The first-order valence-electron chi connectivity index (χ1n) is 20.7. The van der Waals surface area contributed by atoms with Crippen LogP contribution in [0.5, 0.6) is 0 Å². The first-order chi connectivity index (χ1) is 29.8. The molecule has 5 nitrogen and oxygen atoms in total. The monoisotopic (exact) mass is 926 g/mol. The zero-order chi connectivity index (χ0) is 40.7. The molecule has 0 aromatic heterocycles. The summed E-state index contributed by atoms with van der Waals surface area (Å²) in [5, 5.41) is 4.16. The standard InChI is InChI=1S/C53H52IO5P/c1-8-22-42(23-9-1)37-55-41-50-52(57-39-44-26-12-3-13-27-44)53(58-40-45-28-14-4-15-29-45)51(56-38-43-24-10-2-11-25-43)49(59-50)36-54-60(46-30-16-5-17-31-46,47-32-18-6-19-33-47)48-34-20-7-21-35-48/h1-35,49-53H,36-41H2/t49-,50?,51?,52+,53?/m1/s1. The van der Waals surface area contributed by atoms with Crippen molar-refractivity contribution in [3.8, 4) is 0 Å². The fourth-order valence-corrected chi connectivity index (χ4v) is 21.2. The van der Waals surface area contributed by atoms with Gasteiger partial charge in [-0.1, -0.05) is 0 Å². The Bertz CT molecular complexity index is 2160. The van der Waals surface area contributed by atoms with Crippen molar-refractivity contribution in [1.82, 2.24) is 0 Å². The summed E-state index contributed by atoms with van der Waals surface area (Å²) in [6.45, 7) is 2.05. The van der Waals surface area contributed by atoms with Crippen LogP contribution in [0, 0.1) is 0 Å². The van der Waals surface area contributed by atoms with Gasteiger partial charge < -0.3 is 0 Å². The summed E-state index contributed by atoms with van der Waals surface area (Å²) in [7, 11) is 0. The second-order valence-electron chi connectivity index (χ2n) is 14.9. The van der Waals surface area contributed by atoms with Crippen LogP contribution in [0.1, 0.15) is 22.3 Å². The summed E-state index contributed by atoms with van der Waals surface area (Å²) in [5.41, 5.74) is 4.39. The molecular weight excluding hydrogens is 874 g/mol. The average molecular weight is 927 g/mol. The molecule has 1 aliphatic rings.